The number of rotatable bonds is 7. The van der Waals surface area contributed by atoms with E-state index in [0.717, 1.165) is 13.0 Å². The highest BCUT2D eigenvalue weighted by molar-refractivity contribution is 6.28. The number of anilines is 1. The molecular weight excluding hydrogens is 278 g/mol. The van der Waals surface area contributed by atoms with Crippen molar-refractivity contribution in [2.24, 2.45) is 0 Å². The summed E-state index contributed by atoms with van der Waals surface area (Å²) in [5.74, 6) is 0.474. The van der Waals surface area contributed by atoms with Crippen LogP contribution in [0.1, 0.15) is 33.1 Å². The van der Waals surface area contributed by atoms with E-state index in [1.54, 1.807) is 0 Å². The average molecular weight is 300 g/mol. The summed E-state index contributed by atoms with van der Waals surface area (Å²) in [5.41, 5.74) is 0. The molecule has 0 radical (unpaired) electrons. The Labute approximate surface area is 124 Å². The van der Waals surface area contributed by atoms with Crippen LogP contribution in [-0.4, -0.2) is 52.1 Å². The molecule has 6 nitrogen and oxygen atoms in total. The third-order valence-electron chi connectivity index (χ3n) is 3.34. The second kappa shape index (κ2) is 7.59. The molecule has 2 rings (SSSR count). The number of likely N-dealkylation sites (tertiary alicyclic amines) is 1. The largest absolute Gasteiger partial charge is 0.463 e. The van der Waals surface area contributed by atoms with E-state index >= 15 is 0 Å². The predicted molar refractivity (Wildman–Crippen MR) is 79.4 cm³/mol. The molecule has 1 aliphatic heterocycles. The van der Waals surface area contributed by atoms with Crippen molar-refractivity contribution >= 4 is 17.5 Å². The molecule has 0 amide bonds. The van der Waals surface area contributed by atoms with Crippen LogP contribution in [0.3, 0.4) is 0 Å². The van der Waals surface area contributed by atoms with Crippen molar-refractivity contribution in [3.8, 4) is 6.01 Å². The van der Waals surface area contributed by atoms with Gasteiger partial charge < -0.3 is 10.1 Å². The third-order valence-corrected chi connectivity index (χ3v) is 3.51. The maximum Gasteiger partial charge on any atom is 0.322 e. The lowest BCUT2D eigenvalue weighted by molar-refractivity contribution is 0.268. The highest BCUT2D eigenvalue weighted by atomic mass is 35.5. The summed E-state index contributed by atoms with van der Waals surface area (Å²) in [5, 5.41) is 3.37. The molecule has 2 heterocycles. The third kappa shape index (κ3) is 4.45. The minimum atomic E-state index is 0.155. The summed E-state index contributed by atoms with van der Waals surface area (Å²) < 4.78 is 5.39. The first-order valence-corrected chi connectivity index (χ1v) is 7.59. The Kier molecular flexibility index (Phi) is 5.79. The van der Waals surface area contributed by atoms with Gasteiger partial charge in [0, 0.05) is 12.6 Å². The molecule has 1 fully saturated rings. The topological polar surface area (TPSA) is 63.2 Å². The maximum absolute atomic E-state index is 5.88. The highest BCUT2D eigenvalue weighted by Gasteiger charge is 2.18. The Hall–Kier alpha value is -1.14. The van der Waals surface area contributed by atoms with Crippen LogP contribution in [0.25, 0.3) is 0 Å². The summed E-state index contributed by atoms with van der Waals surface area (Å²) in [6.07, 6.45) is 3.48. The zero-order chi connectivity index (χ0) is 14.4. The first-order chi connectivity index (χ1) is 9.69. The SMILES string of the molecule is CCCOc1nc(Cl)nc(NCC(C)N2CCCC2)n1. The standard InChI is InChI=1S/C13H22ClN5O/c1-3-8-20-13-17-11(14)16-12(18-13)15-9-10(2)19-6-4-5-7-19/h10H,3-9H2,1-2H3,(H,15,16,17,18). The van der Waals surface area contributed by atoms with E-state index in [2.05, 4.69) is 32.1 Å². The van der Waals surface area contributed by atoms with E-state index in [9.17, 15) is 0 Å². The summed E-state index contributed by atoms with van der Waals surface area (Å²) in [4.78, 5) is 14.7. The van der Waals surface area contributed by atoms with Crippen LogP contribution in [0, 0.1) is 0 Å². The highest BCUT2D eigenvalue weighted by Crippen LogP contribution is 2.14. The van der Waals surface area contributed by atoms with Crippen LogP contribution >= 0.6 is 11.6 Å². The molecule has 1 saturated heterocycles. The molecule has 0 bridgehead atoms. The fourth-order valence-corrected chi connectivity index (χ4v) is 2.37. The predicted octanol–water partition coefficient (Wildman–Crippen LogP) is 2.21. The van der Waals surface area contributed by atoms with E-state index in [-0.39, 0.29) is 11.3 Å². The number of nitrogens with zero attached hydrogens (tertiary/aromatic N) is 4. The fourth-order valence-electron chi connectivity index (χ4n) is 2.22. The monoisotopic (exact) mass is 299 g/mol. The van der Waals surface area contributed by atoms with Crippen molar-refractivity contribution in [2.75, 3.05) is 31.6 Å². The molecule has 1 unspecified atom stereocenters. The maximum atomic E-state index is 5.88. The van der Waals surface area contributed by atoms with Crippen molar-refractivity contribution in [2.45, 2.75) is 39.2 Å². The lowest BCUT2D eigenvalue weighted by atomic mass is 10.3. The van der Waals surface area contributed by atoms with Crippen LogP contribution in [-0.2, 0) is 0 Å². The number of hydrogen-bond donors (Lipinski definition) is 1. The second-order valence-electron chi connectivity index (χ2n) is 5.03. The van der Waals surface area contributed by atoms with Gasteiger partial charge in [-0.2, -0.15) is 15.0 Å². The Morgan fingerprint density at radius 2 is 2.05 bits per heavy atom. The van der Waals surface area contributed by atoms with Crippen molar-refractivity contribution in [1.29, 1.82) is 0 Å². The van der Waals surface area contributed by atoms with Gasteiger partial charge in [0.1, 0.15) is 0 Å². The quantitative estimate of drug-likeness (QED) is 0.833. The van der Waals surface area contributed by atoms with Crippen LogP contribution in [0.4, 0.5) is 5.95 Å². The molecule has 0 aliphatic carbocycles. The smallest absolute Gasteiger partial charge is 0.322 e. The molecule has 7 heteroatoms. The first kappa shape index (κ1) is 15.3. The summed E-state index contributed by atoms with van der Waals surface area (Å²) in [6.45, 7) is 7.93. The van der Waals surface area contributed by atoms with E-state index in [1.807, 2.05) is 6.92 Å². The van der Waals surface area contributed by atoms with Gasteiger partial charge in [0.25, 0.3) is 0 Å². The van der Waals surface area contributed by atoms with Gasteiger partial charge >= 0.3 is 6.01 Å². The van der Waals surface area contributed by atoms with Crippen molar-refractivity contribution in [3.05, 3.63) is 5.28 Å². The van der Waals surface area contributed by atoms with E-state index in [4.69, 9.17) is 16.3 Å². The van der Waals surface area contributed by atoms with Crippen molar-refractivity contribution in [3.63, 3.8) is 0 Å². The Morgan fingerprint density at radius 3 is 2.75 bits per heavy atom. The van der Waals surface area contributed by atoms with Gasteiger partial charge in [-0.15, -0.1) is 0 Å². The van der Waals surface area contributed by atoms with Crippen LogP contribution in [0.15, 0.2) is 0 Å². The van der Waals surface area contributed by atoms with Crippen LogP contribution in [0.2, 0.25) is 5.28 Å². The summed E-state index contributed by atoms with van der Waals surface area (Å²) in [6, 6.07) is 0.733. The number of aromatic nitrogens is 3. The minimum absolute atomic E-state index is 0.155. The van der Waals surface area contributed by atoms with E-state index in [1.165, 1.54) is 25.9 Å². The van der Waals surface area contributed by atoms with E-state index < -0.39 is 0 Å². The van der Waals surface area contributed by atoms with Crippen LogP contribution in [0.5, 0.6) is 6.01 Å². The zero-order valence-corrected chi connectivity index (χ0v) is 12.9. The first-order valence-electron chi connectivity index (χ1n) is 7.21. The number of hydrogen-bond acceptors (Lipinski definition) is 6. The lowest BCUT2D eigenvalue weighted by Crippen LogP contribution is -2.35. The summed E-state index contributed by atoms with van der Waals surface area (Å²) >= 11 is 5.88. The minimum Gasteiger partial charge on any atom is -0.463 e. The van der Waals surface area contributed by atoms with Gasteiger partial charge in [-0.25, -0.2) is 0 Å². The van der Waals surface area contributed by atoms with Gasteiger partial charge in [0.05, 0.1) is 6.61 Å². The molecule has 1 aromatic heterocycles. The Balaban J connectivity index is 1.89. The number of nitrogens with one attached hydrogen (secondary N) is 1. The van der Waals surface area contributed by atoms with Gasteiger partial charge in [-0.1, -0.05) is 6.92 Å². The lowest BCUT2D eigenvalue weighted by Gasteiger charge is -2.23. The van der Waals surface area contributed by atoms with Gasteiger partial charge in [-0.3, -0.25) is 4.90 Å². The Morgan fingerprint density at radius 1 is 1.30 bits per heavy atom. The van der Waals surface area contributed by atoms with Crippen molar-refractivity contribution in [1.82, 2.24) is 19.9 Å². The Bertz CT molecular complexity index is 425. The zero-order valence-electron chi connectivity index (χ0n) is 12.1. The molecule has 112 valence electrons. The molecular formula is C13H22ClN5O. The molecule has 1 atom stereocenters. The second-order valence-corrected chi connectivity index (χ2v) is 5.37. The normalized spacial score (nSPS) is 17.1. The molecule has 20 heavy (non-hydrogen) atoms. The van der Waals surface area contributed by atoms with Gasteiger partial charge in [0.15, 0.2) is 0 Å². The van der Waals surface area contributed by atoms with Gasteiger partial charge in [-0.05, 0) is 50.9 Å². The van der Waals surface area contributed by atoms with Crippen LogP contribution < -0.4 is 10.1 Å². The summed E-state index contributed by atoms with van der Waals surface area (Å²) in [7, 11) is 0. The molecule has 1 N–H and O–H groups in total. The fraction of sp³-hybridized carbons (Fsp3) is 0.769. The molecule has 1 aromatic rings. The number of halogens is 1. The molecule has 0 spiro atoms. The molecule has 0 aromatic carbocycles. The molecule has 0 saturated carbocycles. The average Bonchev–Trinajstić information content (AvgIpc) is 2.96. The molecule has 1 aliphatic rings. The van der Waals surface area contributed by atoms with Crippen molar-refractivity contribution < 1.29 is 4.74 Å². The van der Waals surface area contributed by atoms with E-state index in [0.29, 0.717) is 18.6 Å². The number of ether oxygens (including phenoxy) is 1. The van der Waals surface area contributed by atoms with Gasteiger partial charge in [0.2, 0.25) is 11.2 Å².